The van der Waals surface area contributed by atoms with Gasteiger partial charge in [0.05, 0.1) is 6.54 Å². The van der Waals surface area contributed by atoms with Crippen molar-refractivity contribution in [3.05, 3.63) is 34.9 Å². The molecule has 0 saturated carbocycles. The summed E-state index contributed by atoms with van der Waals surface area (Å²) in [5.41, 5.74) is 5.89. The molecule has 7 heteroatoms. The number of rotatable bonds is 5. The Kier molecular flexibility index (Phi) is 6.50. The van der Waals surface area contributed by atoms with Crippen LogP contribution in [-0.2, 0) is 9.59 Å². The first-order valence-electron chi connectivity index (χ1n) is 9.53. The number of nitrogens with two attached hydrogens (primary N) is 1. The van der Waals surface area contributed by atoms with E-state index in [-0.39, 0.29) is 36.0 Å². The van der Waals surface area contributed by atoms with Crippen molar-refractivity contribution >= 4 is 29.2 Å². The zero-order valence-electron chi connectivity index (χ0n) is 15.4. The number of primary amides is 1. The molecule has 0 aliphatic carbocycles. The molecular weight excluding hydrogens is 366 g/mol. The largest absolute Gasteiger partial charge is 0.369 e. The second-order valence-electron chi connectivity index (χ2n) is 7.51. The Labute approximate surface area is 164 Å². The summed E-state index contributed by atoms with van der Waals surface area (Å²) in [7, 11) is 0. The van der Waals surface area contributed by atoms with Gasteiger partial charge in [0.25, 0.3) is 0 Å². The summed E-state index contributed by atoms with van der Waals surface area (Å²) < 4.78 is 0. The van der Waals surface area contributed by atoms with Crippen molar-refractivity contribution < 1.29 is 14.4 Å². The highest BCUT2D eigenvalue weighted by Gasteiger charge is 2.33. The van der Waals surface area contributed by atoms with Crippen molar-refractivity contribution in [3.63, 3.8) is 0 Å². The molecule has 0 aromatic heterocycles. The minimum Gasteiger partial charge on any atom is -0.369 e. The molecule has 2 fully saturated rings. The molecule has 1 atom stereocenters. The second kappa shape index (κ2) is 8.85. The van der Waals surface area contributed by atoms with Crippen LogP contribution in [0.15, 0.2) is 24.3 Å². The number of likely N-dealkylation sites (tertiary alicyclic amines) is 2. The van der Waals surface area contributed by atoms with Gasteiger partial charge in [0.1, 0.15) is 0 Å². The predicted molar refractivity (Wildman–Crippen MR) is 103 cm³/mol. The monoisotopic (exact) mass is 391 g/mol. The first-order valence-corrected chi connectivity index (χ1v) is 9.91. The van der Waals surface area contributed by atoms with Gasteiger partial charge in [-0.05, 0) is 63.0 Å². The van der Waals surface area contributed by atoms with Crippen LogP contribution in [0.25, 0.3) is 0 Å². The Balaban J connectivity index is 1.56. The van der Waals surface area contributed by atoms with Gasteiger partial charge in [-0.2, -0.15) is 0 Å². The molecule has 0 radical (unpaired) electrons. The van der Waals surface area contributed by atoms with Crippen LogP contribution in [-0.4, -0.2) is 60.1 Å². The van der Waals surface area contributed by atoms with Crippen molar-refractivity contribution in [1.29, 1.82) is 0 Å². The molecule has 27 heavy (non-hydrogen) atoms. The van der Waals surface area contributed by atoms with Gasteiger partial charge < -0.3 is 10.6 Å². The molecule has 2 saturated heterocycles. The molecule has 6 nitrogen and oxygen atoms in total. The highest BCUT2D eigenvalue weighted by molar-refractivity contribution is 6.30. The summed E-state index contributed by atoms with van der Waals surface area (Å²) in [5, 5.41) is 0.606. The maximum absolute atomic E-state index is 12.9. The summed E-state index contributed by atoms with van der Waals surface area (Å²) in [5.74, 6) is -0.292. The van der Waals surface area contributed by atoms with E-state index in [1.165, 1.54) is 0 Å². The van der Waals surface area contributed by atoms with Crippen LogP contribution in [0.4, 0.5) is 0 Å². The number of hydrogen-bond donors (Lipinski definition) is 1. The van der Waals surface area contributed by atoms with Gasteiger partial charge in [-0.3, -0.25) is 19.3 Å². The Morgan fingerprint density at radius 1 is 1.00 bits per heavy atom. The van der Waals surface area contributed by atoms with Gasteiger partial charge in [0, 0.05) is 35.5 Å². The minimum absolute atomic E-state index is 0.0292. The SMILES string of the molecule is NC(=O)CN1CCC(C(=O)N2CCCC(C(=O)c3ccc(Cl)cc3)C2)CC1. The molecule has 2 aliphatic rings. The van der Waals surface area contributed by atoms with Crippen molar-refractivity contribution in [3.8, 4) is 0 Å². The average Bonchev–Trinajstić information content (AvgIpc) is 2.68. The molecule has 1 unspecified atom stereocenters. The third-order valence-corrected chi connectivity index (χ3v) is 5.80. The average molecular weight is 392 g/mol. The molecule has 2 amide bonds. The third-order valence-electron chi connectivity index (χ3n) is 5.55. The number of benzene rings is 1. The zero-order chi connectivity index (χ0) is 19.4. The lowest BCUT2D eigenvalue weighted by atomic mass is 9.88. The fourth-order valence-electron chi connectivity index (χ4n) is 4.06. The Morgan fingerprint density at radius 3 is 2.30 bits per heavy atom. The molecule has 2 heterocycles. The third kappa shape index (κ3) is 5.08. The van der Waals surface area contributed by atoms with Gasteiger partial charge in [-0.1, -0.05) is 11.6 Å². The maximum Gasteiger partial charge on any atom is 0.231 e. The topological polar surface area (TPSA) is 83.7 Å². The lowest BCUT2D eigenvalue weighted by molar-refractivity contribution is -0.138. The summed E-state index contributed by atoms with van der Waals surface area (Å²) in [4.78, 5) is 40.6. The highest BCUT2D eigenvalue weighted by Crippen LogP contribution is 2.26. The van der Waals surface area contributed by atoms with E-state index in [1.807, 2.05) is 9.80 Å². The second-order valence-corrected chi connectivity index (χ2v) is 7.95. The number of nitrogens with zero attached hydrogens (tertiary/aromatic N) is 2. The highest BCUT2D eigenvalue weighted by atomic mass is 35.5. The number of ketones is 1. The predicted octanol–water partition coefficient (Wildman–Crippen LogP) is 1.96. The van der Waals surface area contributed by atoms with E-state index in [1.54, 1.807) is 24.3 Å². The fraction of sp³-hybridized carbons (Fsp3) is 0.550. The van der Waals surface area contributed by atoms with Crippen LogP contribution in [0.3, 0.4) is 0 Å². The van der Waals surface area contributed by atoms with E-state index in [0.717, 1.165) is 25.7 Å². The first-order chi connectivity index (χ1) is 12.9. The Bertz CT molecular complexity index is 699. The van der Waals surface area contributed by atoms with E-state index >= 15 is 0 Å². The van der Waals surface area contributed by atoms with Crippen LogP contribution < -0.4 is 5.73 Å². The molecule has 0 bridgehead atoms. The molecule has 3 rings (SSSR count). The van der Waals surface area contributed by atoms with Crippen molar-refractivity contribution in [2.45, 2.75) is 25.7 Å². The smallest absolute Gasteiger partial charge is 0.231 e. The van der Waals surface area contributed by atoms with Gasteiger partial charge >= 0.3 is 0 Å². The van der Waals surface area contributed by atoms with E-state index in [0.29, 0.717) is 36.8 Å². The lowest BCUT2D eigenvalue weighted by Crippen LogP contribution is -2.48. The van der Waals surface area contributed by atoms with Crippen LogP contribution in [0, 0.1) is 11.8 Å². The number of hydrogen-bond acceptors (Lipinski definition) is 4. The number of halogens is 1. The summed E-state index contributed by atoms with van der Waals surface area (Å²) >= 11 is 5.90. The van der Waals surface area contributed by atoms with E-state index in [4.69, 9.17) is 17.3 Å². The molecule has 0 spiro atoms. The normalized spacial score (nSPS) is 21.8. The number of amides is 2. The van der Waals surface area contributed by atoms with Gasteiger partial charge in [0.15, 0.2) is 5.78 Å². The van der Waals surface area contributed by atoms with Gasteiger partial charge in [0.2, 0.25) is 11.8 Å². The Morgan fingerprint density at radius 2 is 1.67 bits per heavy atom. The molecular formula is C20H26ClN3O3. The minimum atomic E-state index is -0.334. The van der Waals surface area contributed by atoms with Crippen LogP contribution in [0.2, 0.25) is 5.02 Å². The molecule has 1 aromatic rings. The van der Waals surface area contributed by atoms with E-state index < -0.39 is 0 Å². The standard InChI is InChI=1S/C20H26ClN3O3/c21-17-5-3-14(4-6-17)19(26)16-2-1-9-24(12-16)20(27)15-7-10-23(11-8-15)13-18(22)25/h3-6,15-16H,1-2,7-13H2,(H2,22,25). The van der Waals surface area contributed by atoms with Gasteiger partial charge in [-0.15, -0.1) is 0 Å². The van der Waals surface area contributed by atoms with Crippen molar-refractivity contribution in [2.24, 2.45) is 17.6 Å². The van der Waals surface area contributed by atoms with Crippen LogP contribution >= 0.6 is 11.6 Å². The summed E-state index contributed by atoms with van der Waals surface area (Å²) in [6, 6.07) is 6.95. The number of carbonyl (C=O) groups excluding carboxylic acids is 3. The van der Waals surface area contributed by atoms with Crippen molar-refractivity contribution in [1.82, 2.24) is 9.80 Å². The Hall–Kier alpha value is -1.92. The maximum atomic E-state index is 12.9. The first kappa shape index (κ1) is 19.8. The summed E-state index contributed by atoms with van der Waals surface area (Å²) in [6.45, 7) is 2.87. The number of piperidine rings is 2. The van der Waals surface area contributed by atoms with E-state index in [2.05, 4.69) is 0 Å². The molecule has 1 aromatic carbocycles. The molecule has 2 aliphatic heterocycles. The summed E-state index contributed by atoms with van der Waals surface area (Å²) in [6.07, 6.45) is 3.12. The number of Topliss-reactive ketones (excluding diaryl/α,β-unsaturated/α-hetero) is 1. The fourth-order valence-corrected chi connectivity index (χ4v) is 4.18. The quantitative estimate of drug-likeness (QED) is 0.777. The molecule has 2 N–H and O–H groups in total. The molecule has 146 valence electrons. The lowest BCUT2D eigenvalue weighted by Gasteiger charge is -2.37. The van der Waals surface area contributed by atoms with Crippen LogP contribution in [0.1, 0.15) is 36.0 Å². The van der Waals surface area contributed by atoms with Crippen LogP contribution in [0.5, 0.6) is 0 Å². The number of carbonyl (C=O) groups is 3. The van der Waals surface area contributed by atoms with Crippen molar-refractivity contribution in [2.75, 3.05) is 32.7 Å². The van der Waals surface area contributed by atoms with E-state index in [9.17, 15) is 14.4 Å². The van der Waals surface area contributed by atoms with Gasteiger partial charge in [-0.25, -0.2) is 0 Å². The zero-order valence-corrected chi connectivity index (χ0v) is 16.2.